The molecule has 1 aliphatic heterocycles. The van der Waals surface area contributed by atoms with E-state index in [0.29, 0.717) is 0 Å². The van der Waals surface area contributed by atoms with Crippen LogP contribution in [-0.2, 0) is 14.3 Å². The zero-order chi connectivity index (χ0) is 25.6. The minimum atomic E-state index is -2.27. The molecule has 1 heterocycles. The molecule has 0 spiro atoms. The second kappa shape index (κ2) is 7.54. The van der Waals surface area contributed by atoms with Crippen molar-refractivity contribution in [3.8, 4) is 0 Å². The van der Waals surface area contributed by atoms with Crippen LogP contribution in [-0.4, -0.2) is 65.4 Å². The van der Waals surface area contributed by atoms with Gasteiger partial charge in [-0.2, -0.15) is 0 Å². The molecule has 1 saturated heterocycles. The number of allylic oxidation sites excluding steroid dienone is 4. The number of hydrogen-bond acceptors (Lipinski definition) is 5. The van der Waals surface area contributed by atoms with Crippen molar-refractivity contribution in [2.24, 2.45) is 34.0 Å². The van der Waals surface area contributed by atoms with Crippen LogP contribution in [0.3, 0.4) is 0 Å². The highest BCUT2D eigenvalue weighted by atomic mass is 19.1. The third kappa shape index (κ3) is 2.73. The van der Waals surface area contributed by atoms with Crippen molar-refractivity contribution in [3.63, 3.8) is 0 Å². The molecule has 1 N–H and O–H groups in total. The van der Waals surface area contributed by atoms with Gasteiger partial charge in [-0.3, -0.25) is 9.59 Å². The number of nitrogens with zero attached hydrogens (tertiary/aromatic N) is 1. The molecule has 1 unspecified atom stereocenters. The molecule has 0 aromatic heterocycles. The van der Waals surface area contributed by atoms with Gasteiger partial charge in [0.1, 0.15) is 12.8 Å². The Morgan fingerprint density at radius 2 is 2.03 bits per heavy atom. The Morgan fingerprint density at radius 1 is 1.31 bits per heavy atom. The molecule has 4 aliphatic carbocycles. The predicted octanol–water partition coefficient (Wildman–Crippen LogP) is 3.65. The Bertz CT molecular complexity index is 1080. The van der Waals surface area contributed by atoms with Crippen molar-refractivity contribution in [1.82, 2.24) is 4.90 Å². The number of fused-ring (bicyclic) bond motifs is 7. The lowest BCUT2D eigenvalue weighted by molar-refractivity contribution is -0.211. The van der Waals surface area contributed by atoms with Gasteiger partial charge >= 0.3 is 6.09 Å². The lowest BCUT2D eigenvalue weighted by atomic mass is 9.43. The maximum Gasteiger partial charge on any atom is 0.414 e. The van der Waals surface area contributed by atoms with Crippen LogP contribution in [0.1, 0.15) is 33.1 Å². The Kier molecular flexibility index (Phi) is 5.23. The van der Waals surface area contributed by atoms with Crippen molar-refractivity contribution in [2.75, 3.05) is 19.8 Å². The van der Waals surface area contributed by atoms with Gasteiger partial charge in [0, 0.05) is 24.4 Å². The Hall–Kier alpha value is -2.42. The third-order valence-corrected chi connectivity index (χ3v) is 10.2. The van der Waals surface area contributed by atoms with Gasteiger partial charge in [-0.1, -0.05) is 19.6 Å². The van der Waals surface area contributed by atoms with Crippen LogP contribution in [0, 0.1) is 34.0 Å². The maximum absolute atomic E-state index is 17.3. The van der Waals surface area contributed by atoms with Crippen LogP contribution in [0.5, 0.6) is 0 Å². The van der Waals surface area contributed by atoms with Crippen molar-refractivity contribution in [1.29, 1.82) is 0 Å². The first-order chi connectivity index (χ1) is 16.4. The van der Waals surface area contributed by atoms with E-state index in [2.05, 4.69) is 6.58 Å². The summed E-state index contributed by atoms with van der Waals surface area (Å²) in [5, 5.41) is 11.4. The van der Waals surface area contributed by atoms with Crippen LogP contribution < -0.4 is 0 Å². The van der Waals surface area contributed by atoms with Crippen molar-refractivity contribution in [3.05, 3.63) is 36.6 Å². The smallest absolute Gasteiger partial charge is 0.414 e. The van der Waals surface area contributed by atoms with Gasteiger partial charge in [0.2, 0.25) is 0 Å². The lowest BCUT2D eigenvalue weighted by Crippen LogP contribution is -2.69. The fraction of sp³-hybridized carbons (Fsp3) is 0.654. The summed E-state index contributed by atoms with van der Waals surface area (Å²) in [4.78, 5) is 39.0. The number of ether oxygens (including phenoxy) is 1. The van der Waals surface area contributed by atoms with Crippen LogP contribution in [0.2, 0.25) is 0 Å². The van der Waals surface area contributed by atoms with Crippen molar-refractivity contribution >= 4 is 17.7 Å². The number of likely N-dealkylation sites (tertiary alicyclic amines) is 1. The molecule has 0 aromatic carbocycles. The number of ketones is 2. The molecule has 4 fully saturated rings. The second-order valence-corrected chi connectivity index (χ2v) is 11.3. The Morgan fingerprint density at radius 3 is 2.69 bits per heavy atom. The van der Waals surface area contributed by atoms with E-state index in [4.69, 9.17) is 4.74 Å². The maximum atomic E-state index is 17.3. The molecule has 5 aliphatic rings. The molecular formula is C26H30F3NO5. The van der Waals surface area contributed by atoms with E-state index in [-0.39, 0.29) is 37.9 Å². The van der Waals surface area contributed by atoms with E-state index in [1.807, 2.05) is 0 Å². The number of Topliss-reactive ketones (excluding diaryl/α,β-unsaturated/α-hetero) is 1. The number of alkyl halides is 3. The quantitative estimate of drug-likeness (QED) is 0.607. The minimum Gasteiger partial charge on any atom is -0.419 e. The van der Waals surface area contributed by atoms with E-state index in [1.54, 1.807) is 6.92 Å². The summed E-state index contributed by atoms with van der Waals surface area (Å²) in [5.74, 6) is -3.10. The molecule has 0 aromatic rings. The highest BCUT2D eigenvalue weighted by Gasteiger charge is 2.78. The van der Waals surface area contributed by atoms with E-state index in [9.17, 15) is 23.9 Å². The molecule has 35 heavy (non-hydrogen) atoms. The fourth-order valence-electron chi connectivity index (χ4n) is 8.69. The monoisotopic (exact) mass is 493 g/mol. The lowest BCUT2D eigenvalue weighted by Gasteiger charge is -2.63. The average Bonchev–Trinajstić information content (AvgIpc) is 3.31. The molecular weight excluding hydrogens is 463 g/mol. The largest absolute Gasteiger partial charge is 0.419 e. The SMILES string of the molecule is C=COC(=O)N1C[C@@H]2CC3[C@@H]4C[C@H](F)C5=CC(=O)C=C[C@]5(C)[C@@]4(F)[C@@H](O)C[C@]3(C)[C@]2(C(=O)CF)C1. The van der Waals surface area contributed by atoms with Gasteiger partial charge in [-0.05, 0) is 61.2 Å². The Labute approximate surface area is 201 Å². The van der Waals surface area contributed by atoms with Gasteiger partial charge in [0.25, 0.3) is 0 Å². The van der Waals surface area contributed by atoms with Crippen LogP contribution >= 0.6 is 0 Å². The number of halogens is 3. The molecule has 0 radical (unpaired) electrons. The molecule has 9 heteroatoms. The van der Waals surface area contributed by atoms with Crippen molar-refractivity contribution < 1.29 is 37.4 Å². The van der Waals surface area contributed by atoms with Gasteiger partial charge in [0.05, 0.1) is 17.8 Å². The van der Waals surface area contributed by atoms with E-state index < -0.39 is 76.3 Å². The van der Waals surface area contributed by atoms with Crippen molar-refractivity contribution in [2.45, 2.75) is 51.1 Å². The summed E-state index contributed by atoms with van der Waals surface area (Å²) in [6.07, 6.45) is 0.666. The van der Waals surface area contributed by atoms with Gasteiger partial charge < -0.3 is 14.7 Å². The molecule has 3 saturated carbocycles. The molecule has 0 bridgehead atoms. The first kappa shape index (κ1) is 24.3. The number of aliphatic hydroxyl groups is 1. The van der Waals surface area contributed by atoms with Crippen LogP contribution in [0.15, 0.2) is 36.6 Å². The number of amides is 1. The van der Waals surface area contributed by atoms with E-state index in [0.717, 1.165) is 12.3 Å². The first-order valence-corrected chi connectivity index (χ1v) is 12.0. The molecule has 6 nitrogen and oxygen atoms in total. The van der Waals surface area contributed by atoms with Crippen LogP contribution in [0.4, 0.5) is 18.0 Å². The zero-order valence-corrected chi connectivity index (χ0v) is 19.8. The number of carbonyl (C=O) groups excluding carboxylic acids is 3. The number of carbonyl (C=O) groups is 3. The van der Waals surface area contributed by atoms with E-state index >= 15 is 8.78 Å². The molecule has 5 rings (SSSR count). The third-order valence-electron chi connectivity index (χ3n) is 10.2. The van der Waals surface area contributed by atoms with E-state index in [1.165, 1.54) is 24.0 Å². The number of hydrogen-bond donors (Lipinski definition) is 1. The summed E-state index contributed by atoms with van der Waals surface area (Å²) in [5.41, 5.74) is -6.20. The zero-order valence-electron chi connectivity index (χ0n) is 19.8. The first-order valence-electron chi connectivity index (χ1n) is 12.0. The minimum absolute atomic E-state index is 0.0255. The highest BCUT2D eigenvalue weighted by Crippen LogP contribution is 2.74. The average molecular weight is 494 g/mol. The molecule has 1 amide bonds. The highest BCUT2D eigenvalue weighted by molar-refractivity contribution is 6.01. The summed E-state index contributed by atoms with van der Waals surface area (Å²) in [6.45, 7) is 5.37. The Balaban J connectivity index is 1.61. The summed E-state index contributed by atoms with van der Waals surface area (Å²) in [7, 11) is 0. The fourth-order valence-corrected chi connectivity index (χ4v) is 8.69. The van der Waals surface area contributed by atoms with Gasteiger partial charge in [0.15, 0.2) is 17.2 Å². The molecule has 190 valence electrons. The second-order valence-electron chi connectivity index (χ2n) is 11.3. The standard InChI is InChI=1S/C26H30F3NO5/c1-4-35-22(34)30-12-14-7-16-17-9-19(28)18-8-15(31)5-6-23(18,2)26(17,29)20(32)10-24(16,3)25(14,13-30)21(33)11-27/h4-6,8,14,16-17,19-20,32H,1,7,9-13H2,2-3H3/t14-,16?,17-,19-,20-,23-,24-,25+,26-/m0/s1. The summed E-state index contributed by atoms with van der Waals surface area (Å²) < 4.78 is 51.7. The summed E-state index contributed by atoms with van der Waals surface area (Å²) in [6, 6.07) is 0. The molecule has 9 atom stereocenters. The topological polar surface area (TPSA) is 83.9 Å². The van der Waals surface area contributed by atoms with Gasteiger partial charge in [-0.25, -0.2) is 18.0 Å². The summed E-state index contributed by atoms with van der Waals surface area (Å²) >= 11 is 0. The number of rotatable bonds is 3. The normalized spacial score (nSPS) is 47.8. The van der Waals surface area contributed by atoms with Crippen LogP contribution in [0.25, 0.3) is 0 Å². The van der Waals surface area contributed by atoms with Gasteiger partial charge in [-0.15, -0.1) is 0 Å². The predicted molar refractivity (Wildman–Crippen MR) is 119 cm³/mol. The number of aliphatic hydroxyl groups excluding tert-OH is 1.